The largest absolute Gasteiger partial charge is 0.444 e. The highest BCUT2D eigenvalue weighted by Gasteiger charge is 2.24. The Bertz CT molecular complexity index is 209. The number of hydrogen-bond donors (Lipinski definition) is 2. The minimum Gasteiger partial charge on any atom is -0.444 e. The van der Waals surface area contributed by atoms with Gasteiger partial charge in [0, 0.05) is 6.54 Å². The van der Waals surface area contributed by atoms with Crippen molar-refractivity contribution < 1.29 is 14.6 Å². The summed E-state index contributed by atoms with van der Waals surface area (Å²) in [5.41, 5.74) is -0.487. The van der Waals surface area contributed by atoms with Crippen molar-refractivity contribution in [3.8, 4) is 0 Å². The lowest BCUT2D eigenvalue weighted by Crippen LogP contribution is -2.42. The number of amides is 1. The van der Waals surface area contributed by atoms with E-state index in [0.717, 1.165) is 0 Å². The van der Waals surface area contributed by atoms with Crippen LogP contribution in [0.15, 0.2) is 0 Å². The Labute approximate surface area is 95.8 Å². The summed E-state index contributed by atoms with van der Waals surface area (Å²) in [7, 11) is 0. The number of aliphatic hydroxyl groups is 1. The molecule has 0 aromatic carbocycles. The van der Waals surface area contributed by atoms with E-state index in [9.17, 15) is 4.79 Å². The van der Waals surface area contributed by atoms with Crippen LogP contribution in [0.4, 0.5) is 4.79 Å². The minimum atomic E-state index is -0.487. The summed E-state index contributed by atoms with van der Waals surface area (Å²) < 4.78 is 4.73. The molecule has 0 heterocycles. The third kappa shape index (κ3) is 6.62. The Morgan fingerprint density at radius 1 is 1.40 bits per heavy atom. The fraction of sp³-hybridized carbons (Fsp3) is 0.900. The summed E-state index contributed by atoms with van der Waals surface area (Å²) in [6, 6.07) is 0. The zero-order valence-electron chi connectivity index (χ0n) is 10.1. The lowest BCUT2D eigenvalue weighted by atomic mass is 10.2. The Balaban J connectivity index is 4.00. The average molecular weight is 235 g/mol. The van der Waals surface area contributed by atoms with Crippen LogP contribution < -0.4 is 5.32 Å². The standard InChI is InChI=1S/C10H21NO3S/c1-9(2,3)14-8(13)11-6-10(4,7-12)15-5/h12H,6-7H2,1-5H3,(H,11,13). The molecule has 0 bridgehead atoms. The summed E-state index contributed by atoms with van der Waals surface area (Å²) >= 11 is 1.51. The van der Waals surface area contributed by atoms with Crippen LogP contribution in [0.5, 0.6) is 0 Å². The van der Waals surface area contributed by atoms with Gasteiger partial charge in [0.15, 0.2) is 0 Å². The molecule has 0 aliphatic rings. The zero-order chi connectivity index (χ0) is 12.1. The van der Waals surface area contributed by atoms with E-state index in [-0.39, 0.29) is 11.4 Å². The van der Waals surface area contributed by atoms with Gasteiger partial charge in [-0.3, -0.25) is 0 Å². The second kappa shape index (κ2) is 5.61. The van der Waals surface area contributed by atoms with Crippen molar-refractivity contribution in [2.24, 2.45) is 0 Å². The first-order valence-electron chi connectivity index (χ1n) is 4.85. The Hall–Kier alpha value is -0.420. The Kier molecular flexibility index (Phi) is 5.45. The number of nitrogens with one attached hydrogen (secondary N) is 1. The van der Waals surface area contributed by atoms with E-state index in [1.54, 1.807) is 0 Å². The maximum Gasteiger partial charge on any atom is 0.407 e. The molecule has 2 N–H and O–H groups in total. The molecule has 90 valence electrons. The third-order valence-electron chi connectivity index (χ3n) is 1.83. The first-order valence-corrected chi connectivity index (χ1v) is 6.08. The Morgan fingerprint density at radius 2 is 1.93 bits per heavy atom. The van der Waals surface area contributed by atoms with Crippen LogP contribution in [0.1, 0.15) is 27.7 Å². The van der Waals surface area contributed by atoms with E-state index in [2.05, 4.69) is 5.32 Å². The van der Waals surface area contributed by atoms with Crippen molar-refractivity contribution in [1.29, 1.82) is 0 Å². The molecule has 0 saturated carbocycles. The molecule has 0 rings (SSSR count). The molecule has 0 radical (unpaired) electrons. The summed E-state index contributed by atoms with van der Waals surface area (Å²) in [4.78, 5) is 11.3. The third-order valence-corrected chi connectivity index (χ3v) is 3.09. The topological polar surface area (TPSA) is 58.6 Å². The smallest absolute Gasteiger partial charge is 0.407 e. The number of alkyl carbamates (subject to hydrolysis) is 1. The van der Waals surface area contributed by atoms with Gasteiger partial charge in [-0.1, -0.05) is 0 Å². The minimum absolute atomic E-state index is 0.0178. The molecule has 4 nitrogen and oxygen atoms in total. The monoisotopic (exact) mass is 235 g/mol. The van der Waals surface area contributed by atoms with Gasteiger partial charge in [-0.25, -0.2) is 4.79 Å². The molecule has 0 saturated heterocycles. The van der Waals surface area contributed by atoms with Crippen molar-refractivity contribution in [3.63, 3.8) is 0 Å². The summed E-state index contributed by atoms with van der Waals surface area (Å²) in [5, 5.41) is 11.8. The van der Waals surface area contributed by atoms with Crippen LogP contribution in [0.2, 0.25) is 0 Å². The number of ether oxygens (including phenoxy) is 1. The fourth-order valence-electron chi connectivity index (χ4n) is 0.766. The van der Waals surface area contributed by atoms with Crippen LogP contribution in [0.25, 0.3) is 0 Å². The maximum atomic E-state index is 11.3. The van der Waals surface area contributed by atoms with E-state index >= 15 is 0 Å². The van der Waals surface area contributed by atoms with Gasteiger partial charge >= 0.3 is 6.09 Å². The van der Waals surface area contributed by atoms with Crippen LogP contribution in [-0.2, 0) is 4.74 Å². The summed E-state index contributed by atoms with van der Waals surface area (Å²) in [6.45, 7) is 7.73. The van der Waals surface area contributed by atoms with Crippen molar-refractivity contribution >= 4 is 17.9 Å². The molecule has 5 heteroatoms. The molecular weight excluding hydrogens is 214 g/mol. The summed E-state index contributed by atoms with van der Waals surface area (Å²) in [5.74, 6) is 0. The van der Waals surface area contributed by atoms with Crippen LogP contribution in [0.3, 0.4) is 0 Å². The normalized spacial score (nSPS) is 15.6. The molecule has 0 aliphatic heterocycles. The molecule has 1 unspecified atom stereocenters. The molecule has 0 spiro atoms. The van der Waals surface area contributed by atoms with Gasteiger partial charge in [-0.15, -0.1) is 0 Å². The van der Waals surface area contributed by atoms with Gasteiger partial charge < -0.3 is 15.2 Å². The number of aliphatic hydroxyl groups excluding tert-OH is 1. The average Bonchev–Trinajstić information content (AvgIpc) is 2.12. The molecule has 0 aliphatic carbocycles. The van der Waals surface area contributed by atoms with Crippen molar-refractivity contribution in [2.75, 3.05) is 19.4 Å². The van der Waals surface area contributed by atoms with Gasteiger partial charge in [0.05, 0.1) is 11.4 Å². The van der Waals surface area contributed by atoms with E-state index in [1.807, 2.05) is 34.0 Å². The van der Waals surface area contributed by atoms with Crippen LogP contribution in [0, 0.1) is 0 Å². The zero-order valence-corrected chi connectivity index (χ0v) is 10.9. The predicted octanol–water partition coefficient (Wildman–Crippen LogP) is 1.63. The van der Waals surface area contributed by atoms with Gasteiger partial charge in [-0.2, -0.15) is 11.8 Å². The van der Waals surface area contributed by atoms with Gasteiger partial charge in [-0.05, 0) is 34.0 Å². The predicted molar refractivity (Wildman–Crippen MR) is 63.2 cm³/mol. The maximum absolute atomic E-state index is 11.3. The molecular formula is C10H21NO3S. The van der Waals surface area contributed by atoms with E-state index < -0.39 is 11.7 Å². The molecule has 0 aromatic rings. The van der Waals surface area contributed by atoms with Crippen LogP contribution >= 0.6 is 11.8 Å². The number of carbonyl (C=O) groups is 1. The van der Waals surface area contributed by atoms with E-state index in [4.69, 9.17) is 9.84 Å². The first kappa shape index (κ1) is 14.6. The number of rotatable bonds is 4. The lowest BCUT2D eigenvalue weighted by Gasteiger charge is -2.26. The van der Waals surface area contributed by atoms with E-state index in [0.29, 0.717) is 6.54 Å². The highest BCUT2D eigenvalue weighted by molar-refractivity contribution is 8.00. The second-order valence-corrected chi connectivity index (χ2v) is 6.06. The van der Waals surface area contributed by atoms with Crippen molar-refractivity contribution in [1.82, 2.24) is 5.32 Å². The molecule has 1 atom stereocenters. The molecule has 15 heavy (non-hydrogen) atoms. The Morgan fingerprint density at radius 3 is 2.27 bits per heavy atom. The number of carbonyl (C=O) groups excluding carboxylic acids is 1. The lowest BCUT2D eigenvalue weighted by molar-refractivity contribution is 0.0519. The van der Waals surface area contributed by atoms with Gasteiger partial charge in [0.25, 0.3) is 0 Å². The van der Waals surface area contributed by atoms with Gasteiger partial charge in [0.1, 0.15) is 5.60 Å². The quantitative estimate of drug-likeness (QED) is 0.777. The molecule has 1 amide bonds. The highest BCUT2D eigenvalue weighted by atomic mass is 32.2. The molecule has 0 aromatic heterocycles. The second-order valence-electron chi connectivity index (χ2n) is 4.67. The van der Waals surface area contributed by atoms with Gasteiger partial charge in [0.2, 0.25) is 0 Å². The van der Waals surface area contributed by atoms with Crippen LogP contribution in [-0.4, -0.2) is 41.0 Å². The fourth-order valence-corrected chi connectivity index (χ4v) is 1.11. The highest BCUT2D eigenvalue weighted by Crippen LogP contribution is 2.20. The number of hydrogen-bond acceptors (Lipinski definition) is 4. The SMILES string of the molecule is CSC(C)(CO)CNC(=O)OC(C)(C)C. The van der Waals surface area contributed by atoms with E-state index in [1.165, 1.54) is 11.8 Å². The molecule has 0 fully saturated rings. The first-order chi connectivity index (χ1) is 6.72. The van der Waals surface area contributed by atoms with Crippen molar-refractivity contribution in [3.05, 3.63) is 0 Å². The summed E-state index contributed by atoms with van der Waals surface area (Å²) in [6.07, 6.45) is 1.45. The number of thioether (sulfide) groups is 1. The van der Waals surface area contributed by atoms with Crippen molar-refractivity contribution in [2.45, 2.75) is 38.0 Å².